The first-order chi connectivity index (χ1) is 6.07. The van der Waals surface area contributed by atoms with Gasteiger partial charge < -0.3 is 10.8 Å². The van der Waals surface area contributed by atoms with E-state index in [9.17, 15) is 4.79 Å². The zero-order valence-electron chi connectivity index (χ0n) is 8.66. The zero-order chi connectivity index (χ0) is 10.9. The number of aliphatic carboxylic acids is 1. The Kier molecular flexibility index (Phi) is 11.6. The smallest absolute Gasteiger partial charge is 0.320 e. The predicted octanol–water partition coefficient (Wildman–Crippen LogP) is 1.91. The highest BCUT2D eigenvalue weighted by Gasteiger charge is 2.14. The number of hydrogen-bond acceptors (Lipinski definition) is 3. The van der Waals surface area contributed by atoms with Crippen LogP contribution in [0.25, 0.3) is 0 Å². The van der Waals surface area contributed by atoms with Crippen LogP contribution in [0.2, 0.25) is 0 Å². The summed E-state index contributed by atoms with van der Waals surface area (Å²) in [5.41, 5.74) is 5.30. The molecule has 80 valence electrons. The van der Waals surface area contributed by atoms with Crippen molar-refractivity contribution < 1.29 is 9.90 Å². The van der Waals surface area contributed by atoms with Crippen molar-refractivity contribution in [2.45, 2.75) is 51.3 Å². The van der Waals surface area contributed by atoms with E-state index in [-0.39, 0.29) is 5.25 Å². The van der Waals surface area contributed by atoms with Gasteiger partial charge in [-0.1, -0.05) is 27.2 Å². The predicted molar refractivity (Wildman–Crippen MR) is 59.3 cm³/mol. The zero-order valence-corrected chi connectivity index (χ0v) is 9.55. The van der Waals surface area contributed by atoms with Crippen LogP contribution in [0.15, 0.2) is 0 Å². The van der Waals surface area contributed by atoms with Gasteiger partial charge in [0, 0.05) is 5.25 Å². The largest absolute Gasteiger partial charge is 0.480 e. The lowest BCUT2D eigenvalue weighted by atomic mass is 10.1. The molecule has 0 aromatic rings. The molecule has 0 fully saturated rings. The second kappa shape index (κ2) is 9.86. The van der Waals surface area contributed by atoms with Crippen LogP contribution in [0.4, 0.5) is 0 Å². The van der Waals surface area contributed by atoms with Crippen LogP contribution in [0.5, 0.6) is 0 Å². The van der Waals surface area contributed by atoms with Crippen LogP contribution < -0.4 is 5.73 Å². The highest BCUT2D eigenvalue weighted by atomic mass is 32.1. The maximum Gasteiger partial charge on any atom is 0.320 e. The molecule has 0 saturated carbocycles. The van der Waals surface area contributed by atoms with Gasteiger partial charge in [0.1, 0.15) is 6.04 Å². The fraction of sp³-hybridized carbons (Fsp3) is 0.889. The van der Waals surface area contributed by atoms with Crippen molar-refractivity contribution in [1.29, 1.82) is 0 Å². The molecule has 0 saturated heterocycles. The molecule has 13 heavy (non-hydrogen) atoms. The summed E-state index contributed by atoms with van der Waals surface area (Å²) in [5.74, 6) is -0.944. The standard InChI is InChI=1S/C7H15NO2S.C2H6/c1-2-3-5(11)4-6(8)7(9)10;1-2/h5-6,11H,2-4,8H2,1H3,(H,9,10);1-2H3. The highest BCUT2D eigenvalue weighted by Crippen LogP contribution is 2.10. The topological polar surface area (TPSA) is 63.3 Å². The Labute approximate surface area is 86.1 Å². The minimum Gasteiger partial charge on any atom is -0.480 e. The van der Waals surface area contributed by atoms with Gasteiger partial charge in [-0.05, 0) is 12.8 Å². The SMILES string of the molecule is CC.CCCC(S)CC(N)C(=O)O. The fourth-order valence-corrected chi connectivity index (χ4v) is 1.33. The lowest BCUT2D eigenvalue weighted by molar-refractivity contribution is -0.138. The van der Waals surface area contributed by atoms with Gasteiger partial charge >= 0.3 is 5.97 Å². The molecule has 2 atom stereocenters. The Morgan fingerprint density at radius 1 is 1.54 bits per heavy atom. The first kappa shape index (κ1) is 15.3. The van der Waals surface area contributed by atoms with Crippen molar-refractivity contribution in [3.63, 3.8) is 0 Å². The third kappa shape index (κ3) is 9.70. The van der Waals surface area contributed by atoms with E-state index in [1.165, 1.54) is 0 Å². The summed E-state index contributed by atoms with van der Waals surface area (Å²) in [6.07, 6.45) is 2.39. The first-order valence-corrected chi connectivity index (χ1v) is 5.26. The van der Waals surface area contributed by atoms with E-state index in [1.54, 1.807) is 0 Å². The van der Waals surface area contributed by atoms with Gasteiger partial charge in [-0.15, -0.1) is 0 Å². The van der Waals surface area contributed by atoms with Gasteiger partial charge in [0.15, 0.2) is 0 Å². The van der Waals surface area contributed by atoms with Crippen LogP contribution in [-0.2, 0) is 4.79 Å². The van der Waals surface area contributed by atoms with Crippen LogP contribution in [-0.4, -0.2) is 22.4 Å². The number of hydrogen-bond donors (Lipinski definition) is 3. The lowest BCUT2D eigenvalue weighted by Gasteiger charge is -2.11. The number of thiol groups is 1. The highest BCUT2D eigenvalue weighted by molar-refractivity contribution is 7.80. The van der Waals surface area contributed by atoms with E-state index in [0.717, 1.165) is 12.8 Å². The summed E-state index contributed by atoms with van der Waals surface area (Å²) in [7, 11) is 0. The number of nitrogens with two attached hydrogens (primary N) is 1. The average Bonchev–Trinajstić information content (AvgIpc) is 2.08. The second-order valence-corrected chi connectivity index (χ2v) is 3.35. The molecule has 0 aliphatic carbocycles. The Morgan fingerprint density at radius 2 is 2.00 bits per heavy atom. The van der Waals surface area contributed by atoms with E-state index < -0.39 is 12.0 Å². The molecule has 0 aliphatic heterocycles. The third-order valence-electron chi connectivity index (χ3n) is 1.47. The summed E-state index contributed by atoms with van der Waals surface area (Å²) in [6, 6.07) is -0.760. The molecule has 3 N–H and O–H groups in total. The van der Waals surface area contributed by atoms with E-state index >= 15 is 0 Å². The maximum atomic E-state index is 10.3. The van der Waals surface area contributed by atoms with Crippen molar-refractivity contribution in [1.82, 2.24) is 0 Å². The Hall–Kier alpha value is -0.220. The van der Waals surface area contributed by atoms with Crippen LogP contribution in [0, 0.1) is 0 Å². The Morgan fingerprint density at radius 3 is 2.31 bits per heavy atom. The van der Waals surface area contributed by atoms with E-state index in [1.807, 2.05) is 20.8 Å². The molecule has 0 radical (unpaired) electrons. The number of carbonyl (C=O) groups is 1. The molecule has 0 aliphatic rings. The number of carboxylic acids is 1. The number of rotatable bonds is 5. The molecule has 2 unspecified atom stereocenters. The molecule has 3 nitrogen and oxygen atoms in total. The van der Waals surface area contributed by atoms with Crippen molar-refractivity contribution in [3.05, 3.63) is 0 Å². The Balaban J connectivity index is 0. The van der Waals surface area contributed by atoms with Gasteiger partial charge in [-0.25, -0.2) is 0 Å². The van der Waals surface area contributed by atoms with Crippen LogP contribution in [0.1, 0.15) is 40.0 Å². The fourth-order valence-electron chi connectivity index (χ4n) is 0.845. The first-order valence-electron chi connectivity index (χ1n) is 4.74. The monoisotopic (exact) mass is 207 g/mol. The van der Waals surface area contributed by atoms with Crippen molar-refractivity contribution in [2.24, 2.45) is 5.73 Å². The molecule has 0 rings (SSSR count). The summed E-state index contributed by atoms with van der Waals surface area (Å²) >= 11 is 4.20. The normalized spacial score (nSPS) is 13.9. The third-order valence-corrected chi connectivity index (χ3v) is 1.93. The van der Waals surface area contributed by atoms with E-state index in [4.69, 9.17) is 10.8 Å². The molecule has 4 heteroatoms. The molecule has 0 heterocycles. The summed E-state index contributed by atoms with van der Waals surface area (Å²) < 4.78 is 0. The van der Waals surface area contributed by atoms with Gasteiger partial charge in [0.2, 0.25) is 0 Å². The average molecular weight is 207 g/mol. The minimum absolute atomic E-state index is 0.117. The quantitative estimate of drug-likeness (QED) is 0.603. The van der Waals surface area contributed by atoms with E-state index in [2.05, 4.69) is 12.6 Å². The molecule has 0 bridgehead atoms. The lowest BCUT2D eigenvalue weighted by Crippen LogP contribution is -2.32. The summed E-state index contributed by atoms with van der Waals surface area (Å²) in [5, 5.41) is 8.56. The molecule has 0 spiro atoms. The van der Waals surface area contributed by atoms with Crippen molar-refractivity contribution in [3.8, 4) is 0 Å². The van der Waals surface area contributed by atoms with Crippen LogP contribution >= 0.6 is 12.6 Å². The van der Waals surface area contributed by atoms with Gasteiger partial charge in [0.25, 0.3) is 0 Å². The van der Waals surface area contributed by atoms with Gasteiger partial charge in [-0.3, -0.25) is 4.79 Å². The van der Waals surface area contributed by atoms with Gasteiger partial charge in [0.05, 0.1) is 0 Å². The molecular formula is C9H21NO2S. The molecule has 0 aromatic heterocycles. The molecular weight excluding hydrogens is 186 g/mol. The maximum absolute atomic E-state index is 10.3. The number of carboxylic acid groups (broad SMARTS) is 1. The minimum atomic E-state index is -0.944. The van der Waals surface area contributed by atoms with Crippen LogP contribution in [0.3, 0.4) is 0 Å². The van der Waals surface area contributed by atoms with Gasteiger partial charge in [-0.2, -0.15) is 12.6 Å². The molecule has 0 amide bonds. The Bertz CT molecular complexity index is 131. The van der Waals surface area contributed by atoms with E-state index in [0.29, 0.717) is 6.42 Å². The van der Waals surface area contributed by atoms with Crippen molar-refractivity contribution >= 4 is 18.6 Å². The summed E-state index contributed by atoms with van der Waals surface area (Å²) in [6.45, 7) is 6.04. The second-order valence-electron chi connectivity index (χ2n) is 2.62. The van der Waals surface area contributed by atoms with Crippen molar-refractivity contribution in [2.75, 3.05) is 0 Å². The summed E-state index contributed by atoms with van der Waals surface area (Å²) in [4.78, 5) is 10.3. The molecule has 0 aromatic carbocycles.